The van der Waals surface area contributed by atoms with E-state index >= 15 is 0 Å². The number of nitrogens with zero attached hydrogens (tertiary/aromatic N) is 4. The number of aryl methyl sites for hydroxylation is 1. The highest BCUT2D eigenvalue weighted by Gasteiger charge is 2.07. The molecule has 0 aliphatic carbocycles. The van der Waals surface area contributed by atoms with Gasteiger partial charge in [-0.25, -0.2) is 9.97 Å². The Labute approximate surface area is 123 Å². The van der Waals surface area contributed by atoms with Gasteiger partial charge in [-0.05, 0) is 43.2 Å². The van der Waals surface area contributed by atoms with E-state index in [0.717, 1.165) is 35.9 Å². The summed E-state index contributed by atoms with van der Waals surface area (Å²) in [5.41, 5.74) is 3.22. The summed E-state index contributed by atoms with van der Waals surface area (Å²) in [7, 11) is 0. The van der Waals surface area contributed by atoms with E-state index in [1.165, 1.54) is 5.57 Å². The number of anilines is 1. The molecule has 5 nitrogen and oxygen atoms in total. The van der Waals surface area contributed by atoms with E-state index in [-0.39, 0.29) is 0 Å². The van der Waals surface area contributed by atoms with Crippen LogP contribution in [-0.4, -0.2) is 27.3 Å². The summed E-state index contributed by atoms with van der Waals surface area (Å²) in [6, 6.07) is 5.84. The predicted molar refractivity (Wildman–Crippen MR) is 84.3 cm³/mol. The second kappa shape index (κ2) is 5.83. The van der Waals surface area contributed by atoms with Crippen molar-refractivity contribution in [1.82, 2.24) is 15.0 Å². The van der Waals surface area contributed by atoms with Crippen LogP contribution in [0.15, 0.2) is 47.2 Å². The number of pyridine rings is 1. The quantitative estimate of drug-likeness (QED) is 0.938. The first kappa shape index (κ1) is 13.4. The predicted octanol–water partition coefficient (Wildman–Crippen LogP) is 2.87. The van der Waals surface area contributed by atoms with E-state index in [1.54, 1.807) is 6.20 Å². The summed E-state index contributed by atoms with van der Waals surface area (Å²) in [5, 5.41) is 3.21. The van der Waals surface area contributed by atoms with E-state index in [1.807, 2.05) is 30.5 Å². The maximum Gasteiger partial charge on any atom is 0.163 e. The molecule has 1 aliphatic heterocycles. The average molecular weight is 279 g/mol. The van der Waals surface area contributed by atoms with Crippen LogP contribution in [0, 0.1) is 0 Å². The van der Waals surface area contributed by atoms with Gasteiger partial charge in [0.2, 0.25) is 0 Å². The Bertz CT molecular complexity index is 701. The van der Waals surface area contributed by atoms with Crippen LogP contribution in [-0.2, 0) is 6.42 Å². The molecule has 0 bridgehead atoms. The largest absolute Gasteiger partial charge is 0.325 e. The van der Waals surface area contributed by atoms with Gasteiger partial charge in [-0.1, -0.05) is 6.92 Å². The lowest BCUT2D eigenvalue weighted by Crippen LogP contribution is -2.09. The molecule has 0 atom stereocenters. The molecule has 0 aromatic carbocycles. The molecule has 0 fully saturated rings. The van der Waals surface area contributed by atoms with E-state index in [2.05, 4.69) is 39.1 Å². The molecule has 3 rings (SSSR count). The molecule has 0 saturated heterocycles. The zero-order chi connectivity index (χ0) is 14.7. The van der Waals surface area contributed by atoms with Crippen LogP contribution in [0.25, 0.3) is 11.4 Å². The van der Waals surface area contributed by atoms with Crippen molar-refractivity contribution < 1.29 is 0 Å². The van der Waals surface area contributed by atoms with Crippen molar-refractivity contribution in [3.05, 3.63) is 47.9 Å². The fraction of sp³-hybridized carbons (Fsp3) is 0.250. The standard InChI is InChI=1S/C16H17N5/c1-3-13-5-4-12(10-18-13)16-17-7-6-14(21-16)20-15-8-11(2)9-19-15/h4-8,10H,3,9H2,1-2H3,(H,17,19,20,21). The Morgan fingerprint density at radius 2 is 2.10 bits per heavy atom. The number of nitrogens with one attached hydrogen (secondary N) is 1. The topological polar surface area (TPSA) is 63.1 Å². The number of rotatable bonds is 3. The van der Waals surface area contributed by atoms with Gasteiger partial charge in [0.15, 0.2) is 5.82 Å². The molecule has 1 N–H and O–H groups in total. The van der Waals surface area contributed by atoms with Gasteiger partial charge < -0.3 is 5.32 Å². The second-order valence-corrected chi connectivity index (χ2v) is 4.97. The number of aromatic nitrogens is 3. The fourth-order valence-electron chi connectivity index (χ4n) is 2.07. The van der Waals surface area contributed by atoms with Gasteiger partial charge in [-0.15, -0.1) is 0 Å². The normalized spacial score (nSPS) is 13.8. The van der Waals surface area contributed by atoms with Gasteiger partial charge in [0, 0.05) is 23.7 Å². The van der Waals surface area contributed by atoms with Crippen LogP contribution in [0.5, 0.6) is 0 Å². The SMILES string of the molecule is CCc1ccc(-c2nccc(NC3=NCC(C)=C3)n2)cn1. The molecule has 2 aromatic rings. The van der Waals surface area contributed by atoms with Crippen LogP contribution >= 0.6 is 0 Å². The van der Waals surface area contributed by atoms with Crippen LogP contribution in [0.3, 0.4) is 0 Å². The molecule has 5 heteroatoms. The Hall–Kier alpha value is -2.56. The third-order valence-electron chi connectivity index (χ3n) is 3.24. The van der Waals surface area contributed by atoms with E-state index in [0.29, 0.717) is 5.82 Å². The molecule has 0 radical (unpaired) electrons. The van der Waals surface area contributed by atoms with Crippen LogP contribution < -0.4 is 5.32 Å². The van der Waals surface area contributed by atoms with Gasteiger partial charge in [-0.2, -0.15) is 0 Å². The van der Waals surface area contributed by atoms with Crippen LogP contribution in [0.4, 0.5) is 5.82 Å². The van der Waals surface area contributed by atoms with E-state index in [9.17, 15) is 0 Å². The number of hydrogen-bond donors (Lipinski definition) is 1. The third kappa shape index (κ3) is 3.13. The minimum Gasteiger partial charge on any atom is -0.325 e. The lowest BCUT2D eigenvalue weighted by atomic mass is 10.2. The highest BCUT2D eigenvalue weighted by molar-refractivity contribution is 6.05. The second-order valence-electron chi connectivity index (χ2n) is 4.97. The molecule has 3 heterocycles. The van der Waals surface area contributed by atoms with Gasteiger partial charge in [0.25, 0.3) is 0 Å². The number of hydrogen-bond acceptors (Lipinski definition) is 5. The molecule has 0 saturated carbocycles. The number of amidine groups is 1. The monoisotopic (exact) mass is 279 g/mol. The number of aliphatic imine (C=N–C) groups is 1. The smallest absolute Gasteiger partial charge is 0.163 e. The van der Waals surface area contributed by atoms with Crippen molar-refractivity contribution in [1.29, 1.82) is 0 Å². The zero-order valence-electron chi connectivity index (χ0n) is 12.2. The van der Waals surface area contributed by atoms with Gasteiger partial charge in [0.05, 0.1) is 6.54 Å². The van der Waals surface area contributed by atoms with Gasteiger partial charge in [0.1, 0.15) is 11.7 Å². The van der Waals surface area contributed by atoms with Crippen molar-refractivity contribution in [3.8, 4) is 11.4 Å². The Kier molecular flexibility index (Phi) is 3.73. The first-order valence-electron chi connectivity index (χ1n) is 7.01. The van der Waals surface area contributed by atoms with E-state index in [4.69, 9.17) is 0 Å². The maximum atomic E-state index is 4.51. The highest BCUT2D eigenvalue weighted by Crippen LogP contribution is 2.16. The van der Waals surface area contributed by atoms with Crippen molar-refractivity contribution >= 4 is 11.7 Å². The highest BCUT2D eigenvalue weighted by atomic mass is 15.1. The molecule has 21 heavy (non-hydrogen) atoms. The maximum absolute atomic E-state index is 4.51. The van der Waals surface area contributed by atoms with E-state index < -0.39 is 0 Å². The van der Waals surface area contributed by atoms with Crippen molar-refractivity contribution in [2.45, 2.75) is 20.3 Å². The molecule has 0 amide bonds. The average Bonchev–Trinajstić information content (AvgIpc) is 2.93. The molecule has 106 valence electrons. The molecular formula is C16H17N5. The molecular weight excluding hydrogens is 262 g/mol. The molecule has 0 unspecified atom stereocenters. The first-order chi connectivity index (χ1) is 10.2. The van der Waals surface area contributed by atoms with Gasteiger partial charge >= 0.3 is 0 Å². The van der Waals surface area contributed by atoms with Gasteiger partial charge in [-0.3, -0.25) is 9.98 Å². The molecule has 2 aromatic heterocycles. The fourth-order valence-corrected chi connectivity index (χ4v) is 2.07. The van der Waals surface area contributed by atoms with Crippen molar-refractivity contribution in [2.75, 3.05) is 11.9 Å². The lowest BCUT2D eigenvalue weighted by molar-refractivity contribution is 1.03. The zero-order valence-corrected chi connectivity index (χ0v) is 12.2. The first-order valence-corrected chi connectivity index (χ1v) is 7.01. The third-order valence-corrected chi connectivity index (χ3v) is 3.24. The Balaban J connectivity index is 1.82. The molecule has 0 spiro atoms. The summed E-state index contributed by atoms with van der Waals surface area (Å²) in [5.74, 6) is 2.25. The van der Waals surface area contributed by atoms with Crippen molar-refractivity contribution in [3.63, 3.8) is 0 Å². The Morgan fingerprint density at radius 3 is 2.76 bits per heavy atom. The van der Waals surface area contributed by atoms with Crippen molar-refractivity contribution in [2.24, 2.45) is 4.99 Å². The summed E-state index contributed by atoms with van der Waals surface area (Å²) in [4.78, 5) is 17.6. The summed E-state index contributed by atoms with van der Waals surface area (Å²) < 4.78 is 0. The van der Waals surface area contributed by atoms with Crippen LogP contribution in [0.1, 0.15) is 19.5 Å². The minimum absolute atomic E-state index is 0.662. The minimum atomic E-state index is 0.662. The van der Waals surface area contributed by atoms with Crippen LogP contribution in [0.2, 0.25) is 0 Å². The summed E-state index contributed by atoms with van der Waals surface area (Å²) in [6.07, 6.45) is 6.51. The lowest BCUT2D eigenvalue weighted by Gasteiger charge is -2.06. The summed E-state index contributed by atoms with van der Waals surface area (Å²) >= 11 is 0. The molecule has 1 aliphatic rings. The summed E-state index contributed by atoms with van der Waals surface area (Å²) in [6.45, 7) is 4.90. The Morgan fingerprint density at radius 1 is 1.19 bits per heavy atom.